The fourth-order valence-electron chi connectivity index (χ4n) is 0.0821. The quantitative estimate of drug-likeness (QED) is 0.339. The van der Waals surface area contributed by atoms with Crippen molar-refractivity contribution >= 4 is 12.5 Å². The number of primary amides is 1. The zero-order chi connectivity index (χ0) is 5.70. The summed E-state index contributed by atoms with van der Waals surface area (Å²) < 4.78 is 0. The molecule has 0 aliphatic rings. The monoisotopic (exact) mass is 104 g/mol. The summed E-state index contributed by atoms with van der Waals surface area (Å²) in [4.78, 5) is 22.5. The Bertz CT molecular complexity index is 81.0. The van der Waals surface area contributed by atoms with Gasteiger partial charge in [-0.05, 0) is 0 Å². The van der Waals surface area contributed by atoms with Gasteiger partial charge in [-0.3, -0.25) is 4.79 Å². The number of rotatable bonds is 2. The molecule has 0 aromatic rings. The van der Waals surface area contributed by atoms with E-state index in [2.05, 4.69) is 10.6 Å². The first-order valence-corrected chi connectivity index (χ1v) is 1.43. The van der Waals surface area contributed by atoms with Crippen molar-refractivity contribution in [1.82, 2.24) is 5.48 Å². The molecular formula is C2H4N2O3. The lowest BCUT2D eigenvalue weighted by atomic mass is 11.3. The Hall–Kier alpha value is -1.26. The number of amides is 2. The van der Waals surface area contributed by atoms with Crippen molar-refractivity contribution in [2.24, 2.45) is 5.73 Å². The van der Waals surface area contributed by atoms with Crippen LogP contribution in [0, 0.1) is 0 Å². The van der Waals surface area contributed by atoms with E-state index in [0.717, 1.165) is 0 Å². The van der Waals surface area contributed by atoms with E-state index in [0.29, 0.717) is 0 Å². The molecule has 40 valence electrons. The van der Waals surface area contributed by atoms with Gasteiger partial charge in [-0.2, -0.15) is 5.48 Å². The number of hydroxylamine groups is 1. The maximum atomic E-state index is 9.54. The number of hydrogen-bond acceptors (Lipinski definition) is 3. The van der Waals surface area contributed by atoms with Gasteiger partial charge in [0, 0.05) is 0 Å². The summed E-state index contributed by atoms with van der Waals surface area (Å²) in [6.07, 6.45) is -0.836. The highest BCUT2D eigenvalue weighted by molar-refractivity contribution is 5.65. The topological polar surface area (TPSA) is 81.4 Å². The molecule has 0 rings (SSSR count). The van der Waals surface area contributed by atoms with Gasteiger partial charge in [-0.25, -0.2) is 4.79 Å². The highest BCUT2D eigenvalue weighted by Crippen LogP contribution is 1.56. The Morgan fingerprint density at radius 2 is 2.43 bits per heavy atom. The highest BCUT2D eigenvalue weighted by atomic mass is 16.7. The lowest BCUT2D eigenvalue weighted by Crippen LogP contribution is -2.22. The van der Waals surface area contributed by atoms with Crippen molar-refractivity contribution in [2.75, 3.05) is 0 Å². The van der Waals surface area contributed by atoms with Crippen LogP contribution in [0.2, 0.25) is 0 Å². The first-order valence-electron chi connectivity index (χ1n) is 1.43. The lowest BCUT2D eigenvalue weighted by molar-refractivity contribution is -0.116. The third-order valence-corrected chi connectivity index (χ3v) is 0.208. The Labute approximate surface area is 39.4 Å². The van der Waals surface area contributed by atoms with Crippen LogP contribution < -0.4 is 11.2 Å². The van der Waals surface area contributed by atoms with Gasteiger partial charge < -0.3 is 10.6 Å². The molecule has 2 amide bonds. The average Bonchev–Trinajstić information content (AvgIpc) is 1.61. The van der Waals surface area contributed by atoms with Crippen LogP contribution in [0.5, 0.6) is 0 Å². The van der Waals surface area contributed by atoms with E-state index >= 15 is 0 Å². The molecule has 7 heavy (non-hydrogen) atoms. The molecule has 0 atom stereocenters. The van der Waals surface area contributed by atoms with Gasteiger partial charge >= 0.3 is 6.09 Å². The predicted molar refractivity (Wildman–Crippen MR) is 19.9 cm³/mol. The summed E-state index contributed by atoms with van der Waals surface area (Å²) in [5, 5.41) is 0. The molecule has 5 nitrogen and oxygen atoms in total. The van der Waals surface area contributed by atoms with Crippen LogP contribution in [0.3, 0.4) is 0 Å². The molecule has 0 heterocycles. The first-order chi connectivity index (χ1) is 3.27. The fourth-order valence-corrected chi connectivity index (χ4v) is 0.0821. The Kier molecular flexibility index (Phi) is 2.42. The van der Waals surface area contributed by atoms with E-state index in [1.807, 2.05) is 0 Å². The summed E-state index contributed by atoms with van der Waals surface area (Å²) in [5.41, 5.74) is 5.99. The predicted octanol–water partition coefficient (Wildman–Crippen LogP) is -1.26. The van der Waals surface area contributed by atoms with Crippen molar-refractivity contribution in [2.45, 2.75) is 0 Å². The number of nitrogens with one attached hydrogen (secondary N) is 1. The van der Waals surface area contributed by atoms with Crippen molar-refractivity contribution in [3.05, 3.63) is 0 Å². The minimum absolute atomic E-state index is 0.199. The molecule has 0 fully saturated rings. The molecule has 0 aromatic heterocycles. The Morgan fingerprint density at radius 1 is 1.86 bits per heavy atom. The van der Waals surface area contributed by atoms with Gasteiger partial charge in [0.15, 0.2) is 0 Å². The van der Waals surface area contributed by atoms with Crippen molar-refractivity contribution < 1.29 is 14.4 Å². The van der Waals surface area contributed by atoms with Gasteiger partial charge in [0.05, 0.1) is 0 Å². The largest absolute Gasteiger partial charge is 0.428 e. The summed E-state index contributed by atoms with van der Waals surface area (Å²) in [6.45, 7) is 0. The molecule has 0 bridgehead atoms. The second-order valence-electron chi connectivity index (χ2n) is 0.657. The van der Waals surface area contributed by atoms with Crippen LogP contribution in [-0.4, -0.2) is 12.5 Å². The minimum Gasteiger partial charge on any atom is -0.333 e. The van der Waals surface area contributed by atoms with Crippen LogP contribution in [0.1, 0.15) is 0 Å². The van der Waals surface area contributed by atoms with Crippen LogP contribution in [0.4, 0.5) is 4.79 Å². The molecule has 0 unspecified atom stereocenters. The normalized spacial score (nSPS) is 6.86. The molecule has 0 radical (unpaired) electrons. The van der Waals surface area contributed by atoms with Crippen LogP contribution in [0.15, 0.2) is 0 Å². The van der Waals surface area contributed by atoms with Crippen LogP contribution in [0.25, 0.3) is 0 Å². The Morgan fingerprint density at radius 3 is 2.57 bits per heavy atom. The second kappa shape index (κ2) is 2.95. The van der Waals surface area contributed by atoms with Gasteiger partial charge in [0.2, 0.25) is 6.41 Å². The number of carbonyl (C=O) groups excluding carboxylic acids is 2. The van der Waals surface area contributed by atoms with Gasteiger partial charge in [0.1, 0.15) is 0 Å². The highest BCUT2D eigenvalue weighted by Gasteiger charge is 1.85. The maximum Gasteiger partial charge on any atom is 0.428 e. The zero-order valence-electron chi connectivity index (χ0n) is 3.38. The number of hydrogen-bond donors (Lipinski definition) is 2. The van der Waals surface area contributed by atoms with Crippen molar-refractivity contribution in [1.29, 1.82) is 0 Å². The van der Waals surface area contributed by atoms with E-state index in [1.165, 1.54) is 0 Å². The van der Waals surface area contributed by atoms with Crippen LogP contribution in [-0.2, 0) is 9.63 Å². The number of nitrogens with two attached hydrogens (primary N) is 1. The van der Waals surface area contributed by atoms with E-state index in [-0.39, 0.29) is 6.41 Å². The summed E-state index contributed by atoms with van der Waals surface area (Å²) >= 11 is 0. The Balaban J connectivity index is 2.97. The number of carbonyl (C=O) groups is 2. The molecule has 0 aliphatic heterocycles. The first kappa shape index (κ1) is 5.74. The summed E-state index contributed by atoms with van der Waals surface area (Å²) in [6, 6.07) is 0. The molecule has 0 spiro atoms. The molecular weight excluding hydrogens is 100 g/mol. The van der Waals surface area contributed by atoms with E-state index in [1.54, 1.807) is 5.48 Å². The van der Waals surface area contributed by atoms with Gasteiger partial charge in [-0.1, -0.05) is 0 Å². The fraction of sp³-hybridized carbons (Fsp3) is 0. The summed E-state index contributed by atoms with van der Waals surface area (Å²) in [5.74, 6) is 0. The zero-order valence-corrected chi connectivity index (χ0v) is 3.38. The van der Waals surface area contributed by atoms with Crippen molar-refractivity contribution in [3.8, 4) is 0 Å². The van der Waals surface area contributed by atoms with Crippen LogP contribution >= 0.6 is 0 Å². The molecule has 0 aliphatic carbocycles. The minimum atomic E-state index is -1.04. The average molecular weight is 104 g/mol. The second-order valence-corrected chi connectivity index (χ2v) is 0.657. The summed E-state index contributed by atoms with van der Waals surface area (Å²) in [7, 11) is 0. The van der Waals surface area contributed by atoms with Gasteiger partial charge in [-0.15, -0.1) is 0 Å². The standard InChI is InChI=1S/C2H4N2O3/c3-2(6)7-4-1-5/h1H,(H2,3,6)(H,4,5). The lowest BCUT2D eigenvalue weighted by Gasteiger charge is -1.90. The maximum absolute atomic E-state index is 9.54. The van der Waals surface area contributed by atoms with Gasteiger partial charge in [0.25, 0.3) is 0 Å². The third-order valence-electron chi connectivity index (χ3n) is 0.208. The van der Waals surface area contributed by atoms with E-state index < -0.39 is 6.09 Å². The molecule has 3 N–H and O–H groups in total. The smallest absolute Gasteiger partial charge is 0.333 e. The third kappa shape index (κ3) is 4.74. The SMILES string of the molecule is NC(=O)ONC=O. The molecule has 5 heteroatoms. The van der Waals surface area contributed by atoms with E-state index in [9.17, 15) is 9.59 Å². The van der Waals surface area contributed by atoms with Crippen molar-refractivity contribution in [3.63, 3.8) is 0 Å². The molecule has 0 saturated heterocycles. The molecule has 0 aromatic carbocycles. The molecule has 0 saturated carbocycles. The van der Waals surface area contributed by atoms with E-state index in [4.69, 9.17) is 0 Å².